The Kier molecular flexibility index (Phi) is 8.67. The largest absolute Gasteiger partial charge is 0.383 e. The van der Waals surface area contributed by atoms with Gasteiger partial charge in [0.05, 0.1) is 6.61 Å². The van der Waals surface area contributed by atoms with Crippen LogP contribution in [0.2, 0.25) is 0 Å². The number of rotatable bonds is 9. The molecule has 0 radical (unpaired) electrons. The molecule has 0 atom stereocenters. The zero-order valence-corrected chi connectivity index (χ0v) is 11.7. The average molecular weight is 242 g/mol. The Morgan fingerprint density at radius 3 is 2.65 bits per heavy atom. The van der Waals surface area contributed by atoms with E-state index in [-0.39, 0.29) is 0 Å². The van der Waals surface area contributed by atoms with E-state index in [1.165, 1.54) is 51.6 Å². The number of hydrogen-bond acceptors (Lipinski definition) is 3. The van der Waals surface area contributed by atoms with Crippen LogP contribution in [0.4, 0.5) is 0 Å². The number of nitrogens with one attached hydrogen (secondary N) is 1. The first-order valence-electron chi connectivity index (χ1n) is 7.21. The van der Waals surface area contributed by atoms with Crippen molar-refractivity contribution in [3.8, 4) is 0 Å². The standard InChI is InChI=1S/C14H30N2O/c1-16(11-6-9-15-10-12-17-2)13-14-7-4-3-5-8-14/h14-15H,3-13H2,1-2H3. The van der Waals surface area contributed by atoms with E-state index in [2.05, 4.69) is 17.3 Å². The molecule has 1 N–H and O–H groups in total. The predicted octanol–water partition coefficient (Wildman–Crippen LogP) is 2.12. The molecule has 0 unspecified atom stereocenters. The predicted molar refractivity (Wildman–Crippen MR) is 73.4 cm³/mol. The van der Waals surface area contributed by atoms with Crippen molar-refractivity contribution in [1.82, 2.24) is 10.2 Å². The SMILES string of the molecule is COCCNCCCN(C)CC1CCCCC1. The Bertz CT molecular complexity index is 170. The van der Waals surface area contributed by atoms with Gasteiger partial charge in [0.25, 0.3) is 0 Å². The van der Waals surface area contributed by atoms with Gasteiger partial charge in [-0.1, -0.05) is 19.3 Å². The van der Waals surface area contributed by atoms with Crippen molar-refractivity contribution in [2.45, 2.75) is 38.5 Å². The first-order valence-corrected chi connectivity index (χ1v) is 7.21. The molecule has 0 spiro atoms. The fourth-order valence-corrected chi connectivity index (χ4v) is 2.67. The van der Waals surface area contributed by atoms with Crippen LogP contribution in [-0.2, 0) is 4.74 Å². The second-order valence-corrected chi connectivity index (χ2v) is 5.36. The molecule has 102 valence electrons. The lowest BCUT2D eigenvalue weighted by molar-refractivity contribution is 0.197. The fraction of sp³-hybridized carbons (Fsp3) is 1.00. The highest BCUT2D eigenvalue weighted by molar-refractivity contribution is 4.69. The highest BCUT2D eigenvalue weighted by Crippen LogP contribution is 2.23. The molecule has 1 saturated carbocycles. The molecule has 0 amide bonds. The van der Waals surface area contributed by atoms with Gasteiger partial charge in [0, 0.05) is 20.2 Å². The minimum absolute atomic E-state index is 0.817. The molecule has 3 nitrogen and oxygen atoms in total. The quantitative estimate of drug-likeness (QED) is 0.627. The van der Waals surface area contributed by atoms with Crippen molar-refractivity contribution < 1.29 is 4.74 Å². The zero-order chi connectivity index (χ0) is 12.3. The third-order valence-electron chi connectivity index (χ3n) is 3.67. The van der Waals surface area contributed by atoms with Crippen LogP contribution in [0.5, 0.6) is 0 Å². The molecule has 0 bridgehead atoms. The molecule has 17 heavy (non-hydrogen) atoms. The summed E-state index contributed by atoms with van der Waals surface area (Å²) in [5, 5.41) is 3.39. The summed E-state index contributed by atoms with van der Waals surface area (Å²) in [6.07, 6.45) is 8.53. The molecule has 0 aliphatic heterocycles. The van der Waals surface area contributed by atoms with E-state index >= 15 is 0 Å². The third kappa shape index (κ3) is 7.74. The zero-order valence-electron chi connectivity index (χ0n) is 11.7. The molecule has 1 rings (SSSR count). The Hall–Kier alpha value is -0.120. The Morgan fingerprint density at radius 2 is 1.94 bits per heavy atom. The minimum Gasteiger partial charge on any atom is -0.383 e. The van der Waals surface area contributed by atoms with E-state index in [0.29, 0.717) is 0 Å². The maximum atomic E-state index is 5.00. The van der Waals surface area contributed by atoms with Crippen molar-refractivity contribution in [2.75, 3.05) is 46.9 Å². The van der Waals surface area contributed by atoms with Crippen LogP contribution in [0.15, 0.2) is 0 Å². The molecule has 1 aliphatic rings. The van der Waals surface area contributed by atoms with Crippen LogP contribution in [0.25, 0.3) is 0 Å². The molecular weight excluding hydrogens is 212 g/mol. The van der Waals surface area contributed by atoms with Crippen molar-refractivity contribution in [2.24, 2.45) is 5.92 Å². The van der Waals surface area contributed by atoms with Crippen LogP contribution in [0, 0.1) is 5.92 Å². The lowest BCUT2D eigenvalue weighted by Gasteiger charge is -2.27. The summed E-state index contributed by atoms with van der Waals surface area (Å²) in [6, 6.07) is 0. The van der Waals surface area contributed by atoms with E-state index in [9.17, 15) is 0 Å². The van der Waals surface area contributed by atoms with Crippen LogP contribution < -0.4 is 5.32 Å². The summed E-state index contributed by atoms with van der Waals surface area (Å²) in [5.41, 5.74) is 0. The molecule has 0 aromatic carbocycles. The smallest absolute Gasteiger partial charge is 0.0587 e. The first-order chi connectivity index (χ1) is 8.33. The highest BCUT2D eigenvalue weighted by Gasteiger charge is 2.14. The van der Waals surface area contributed by atoms with Gasteiger partial charge >= 0.3 is 0 Å². The fourth-order valence-electron chi connectivity index (χ4n) is 2.67. The molecule has 0 aromatic heterocycles. The molecule has 1 fully saturated rings. The van der Waals surface area contributed by atoms with Gasteiger partial charge in [-0.15, -0.1) is 0 Å². The number of hydrogen-bond donors (Lipinski definition) is 1. The van der Waals surface area contributed by atoms with E-state index in [4.69, 9.17) is 4.74 Å². The van der Waals surface area contributed by atoms with Crippen LogP contribution >= 0.6 is 0 Å². The maximum Gasteiger partial charge on any atom is 0.0587 e. The van der Waals surface area contributed by atoms with Crippen LogP contribution in [-0.4, -0.2) is 51.8 Å². The van der Waals surface area contributed by atoms with Gasteiger partial charge in [-0.3, -0.25) is 0 Å². The molecule has 3 heteroatoms. The summed E-state index contributed by atoms with van der Waals surface area (Å²) in [4.78, 5) is 2.51. The summed E-state index contributed by atoms with van der Waals surface area (Å²) in [5.74, 6) is 0.968. The summed E-state index contributed by atoms with van der Waals surface area (Å²) < 4.78 is 5.00. The van der Waals surface area contributed by atoms with Crippen molar-refractivity contribution in [3.63, 3.8) is 0 Å². The number of ether oxygens (including phenoxy) is 1. The molecule has 0 heterocycles. The van der Waals surface area contributed by atoms with Gasteiger partial charge in [0.1, 0.15) is 0 Å². The van der Waals surface area contributed by atoms with Crippen molar-refractivity contribution in [1.29, 1.82) is 0 Å². The van der Waals surface area contributed by atoms with Crippen LogP contribution in [0.1, 0.15) is 38.5 Å². The summed E-state index contributed by atoms with van der Waals surface area (Å²) >= 11 is 0. The van der Waals surface area contributed by atoms with Gasteiger partial charge in [-0.25, -0.2) is 0 Å². The number of nitrogens with zero attached hydrogens (tertiary/aromatic N) is 1. The number of methoxy groups -OCH3 is 1. The van der Waals surface area contributed by atoms with Gasteiger partial charge in [0.15, 0.2) is 0 Å². The minimum atomic E-state index is 0.817. The maximum absolute atomic E-state index is 5.00. The van der Waals surface area contributed by atoms with Gasteiger partial charge in [-0.2, -0.15) is 0 Å². The molecular formula is C14H30N2O. The Labute approximate surface area is 107 Å². The molecule has 1 aliphatic carbocycles. The van der Waals surface area contributed by atoms with E-state index in [1.54, 1.807) is 7.11 Å². The monoisotopic (exact) mass is 242 g/mol. The van der Waals surface area contributed by atoms with Crippen LogP contribution in [0.3, 0.4) is 0 Å². The van der Waals surface area contributed by atoms with E-state index < -0.39 is 0 Å². The Morgan fingerprint density at radius 1 is 1.18 bits per heavy atom. The third-order valence-corrected chi connectivity index (χ3v) is 3.67. The summed E-state index contributed by atoms with van der Waals surface area (Å²) in [6.45, 7) is 5.42. The normalized spacial score (nSPS) is 17.8. The van der Waals surface area contributed by atoms with E-state index in [0.717, 1.165) is 25.6 Å². The average Bonchev–Trinajstić information content (AvgIpc) is 2.35. The van der Waals surface area contributed by atoms with Gasteiger partial charge in [0.2, 0.25) is 0 Å². The Balaban J connectivity index is 1.91. The lowest BCUT2D eigenvalue weighted by atomic mass is 9.89. The molecule has 0 saturated heterocycles. The van der Waals surface area contributed by atoms with Gasteiger partial charge in [-0.05, 0) is 45.3 Å². The van der Waals surface area contributed by atoms with E-state index in [1.807, 2.05) is 0 Å². The van der Waals surface area contributed by atoms with Crippen molar-refractivity contribution in [3.05, 3.63) is 0 Å². The topological polar surface area (TPSA) is 24.5 Å². The second-order valence-electron chi connectivity index (χ2n) is 5.36. The lowest BCUT2D eigenvalue weighted by Crippen LogP contribution is -2.30. The molecule has 0 aromatic rings. The van der Waals surface area contributed by atoms with Crippen molar-refractivity contribution >= 4 is 0 Å². The summed E-state index contributed by atoms with van der Waals surface area (Å²) in [7, 11) is 4.02. The van der Waals surface area contributed by atoms with Gasteiger partial charge < -0.3 is 15.0 Å². The second kappa shape index (κ2) is 9.86. The first kappa shape index (κ1) is 14.9. The highest BCUT2D eigenvalue weighted by atomic mass is 16.5.